The minimum absolute atomic E-state index is 0.108. The highest BCUT2D eigenvalue weighted by Crippen LogP contribution is 2.54. The van der Waals surface area contributed by atoms with Crippen molar-refractivity contribution >= 4 is 0 Å². The van der Waals surface area contributed by atoms with E-state index in [-0.39, 0.29) is 11.0 Å². The maximum Gasteiger partial charge on any atom is 0.164 e. The Morgan fingerprint density at radius 3 is 2.29 bits per heavy atom. The van der Waals surface area contributed by atoms with Crippen LogP contribution >= 0.6 is 0 Å². The predicted molar refractivity (Wildman–Crippen MR) is 76.2 cm³/mol. The van der Waals surface area contributed by atoms with Gasteiger partial charge in [-0.25, -0.2) is 8.78 Å². The molecule has 2 nitrogen and oxygen atoms in total. The van der Waals surface area contributed by atoms with E-state index in [4.69, 9.17) is 0 Å². The van der Waals surface area contributed by atoms with Crippen molar-refractivity contribution in [3.05, 3.63) is 35.4 Å². The molecule has 0 radical (unpaired) electrons. The van der Waals surface area contributed by atoms with Crippen molar-refractivity contribution in [2.45, 2.75) is 52.1 Å². The summed E-state index contributed by atoms with van der Waals surface area (Å²) in [5, 5.41) is 20.6. The summed E-state index contributed by atoms with van der Waals surface area (Å²) in [5.41, 5.74) is -2.83. The molecule has 4 heteroatoms. The number of nitrogens with zero attached hydrogens (tertiary/aromatic N) is 1. The zero-order valence-electron chi connectivity index (χ0n) is 12.7. The summed E-state index contributed by atoms with van der Waals surface area (Å²) in [7, 11) is 0. The van der Waals surface area contributed by atoms with E-state index in [9.17, 15) is 19.1 Å². The lowest BCUT2D eigenvalue weighted by Crippen LogP contribution is -2.46. The highest BCUT2D eigenvalue weighted by molar-refractivity contribution is 5.30. The smallest absolute Gasteiger partial charge is 0.164 e. The Kier molecular flexibility index (Phi) is 3.84. The number of hydrogen-bond acceptors (Lipinski definition) is 2. The van der Waals surface area contributed by atoms with Crippen molar-refractivity contribution < 1.29 is 13.9 Å². The van der Waals surface area contributed by atoms with Gasteiger partial charge in [-0.2, -0.15) is 5.26 Å². The molecule has 2 rings (SSSR count). The lowest BCUT2D eigenvalue weighted by atomic mass is 9.58. The molecule has 0 saturated heterocycles. The number of nitriles is 1. The molecule has 1 N–H and O–H groups in total. The van der Waals surface area contributed by atoms with E-state index < -0.39 is 22.7 Å². The monoisotopic (exact) mass is 293 g/mol. The normalized spacial score (nSPS) is 23.1. The predicted octanol–water partition coefficient (Wildman–Crippen LogP) is 4.28. The molecule has 1 saturated carbocycles. The van der Waals surface area contributed by atoms with Crippen LogP contribution in [0.25, 0.3) is 0 Å². The minimum Gasteiger partial charge on any atom is -0.384 e. The third-order valence-corrected chi connectivity index (χ3v) is 5.08. The van der Waals surface area contributed by atoms with Gasteiger partial charge in [-0.15, -0.1) is 0 Å². The van der Waals surface area contributed by atoms with Gasteiger partial charge in [0.15, 0.2) is 11.6 Å². The topological polar surface area (TPSA) is 44.0 Å². The second-order valence-corrected chi connectivity index (χ2v) is 7.03. The summed E-state index contributed by atoms with van der Waals surface area (Å²) in [6.07, 6.45) is 2.49. The van der Waals surface area contributed by atoms with Gasteiger partial charge in [0.25, 0.3) is 0 Å². The molecule has 1 fully saturated rings. The molecule has 1 atom stereocenters. The number of halogens is 2. The van der Waals surface area contributed by atoms with E-state index in [1.165, 1.54) is 19.1 Å². The quantitative estimate of drug-likeness (QED) is 0.884. The molecular formula is C17H21F2NO. The van der Waals surface area contributed by atoms with Crippen molar-refractivity contribution in [2.75, 3.05) is 0 Å². The summed E-state index contributed by atoms with van der Waals surface area (Å²) >= 11 is 0. The molecule has 0 spiro atoms. The van der Waals surface area contributed by atoms with Crippen LogP contribution in [-0.2, 0) is 5.60 Å². The van der Waals surface area contributed by atoms with Crippen molar-refractivity contribution in [2.24, 2.45) is 10.8 Å². The SMILES string of the molecule is CC1(C)CCC(C#N)(C(C)(O)c2cccc(F)c2F)CC1. The molecule has 0 bridgehead atoms. The number of rotatable bonds is 2. The Labute approximate surface area is 124 Å². The number of aliphatic hydroxyl groups is 1. The van der Waals surface area contributed by atoms with Gasteiger partial charge in [0.05, 0.1) is 11.5 Å². The molecule has 0 heterocycles. The lowest BCUT2D eigenvalue weighted by molar-refractivity contribution is -0.0797. The highest BCUT2D eigenvalue weighted by atomic mass is 19.2. The fourth-order valence-electron chi connectivity index (χ4n) is 3.20. The Morgan fingerprint density at radius 1 is 1.19 bits per heavy atom. The first-order valence-corrected chi connectivity index (χ1v) is 7.23. The molecular weight excluding hydrogens is 272 g/mol. The molecule has 1 aliphatic rings. The molecule has 1 aromatic carbocycles. The fourth-order valence-corrected chi connectivity index (χ4v) is 3.20. The lowest BCUT2D eigenvalue weighted by Gasteiger charge is -2.47. The maximum absolute atomic E-state index is 14.1. The molecule has 0 amide bonds. The second kappa shape index (κ2) is 5.06. The van der Waals surface area contributed by atoms with Gasteiger partial charge in [0.2, 0.25) is 0 Å². The van der Waals surface area contributed by atoms with Crippen LogP contribution in [0.15, 0.2) is 18.2 Å². The highest BCUT2D eigenvalue weighted by Gasteiger charge is 2.52. The van der Waals surface area contributed by atoms with Crippen LogP contribution in [0.5, 0.6) is 0 Å². The standard InChI is InChI=1S/C17H21F2NO/c1-15(2)7-9-17(11-20,10-8-15)16(3,21)12-5-4-6-13(18)14(12)19/h4-6,21H,7-10H2,1-3H3. The summed E-state index contributed by atoms with van der Waals surface area (Å²) in [6.45, 7) is 5.66. The third kappa shape index (κ3) is 2.55. The van der Waals surface area contributed by atoms with Gasteiger partial charge >= 0.3 is 0 Å². The van der Waals surface area contributed by atoms with E-state index in [0.29, 0.717) is 12.8 Å². The summed E-state index contributed by atoms with van der Waals surface area (Å²) in [6, 6.07) is 5.93. The number of benzene rings is 1. The first-order chi connectivity index (χ1) is 9.65. The average Bonchev–Trinajstić information content (AvgIpc) is 2.42. The van der Waals surface area contributed by atoms with Crippen molar-refractivity contribution in [1.29, 1.82) is 5.26 Å². The van der Waals surface area contributed by atoms with Crippen molar-refractivity contribution in [1.82, 2.24) is 0 Å². The van der Waals surface area contributed by atoms with Crippen molar-refractivity contribution in [3.63, 3.8) is 0 Å². The second-order valence-electron chi connectivity index (χ2n) is 7.03. The molecule has 1 unspecified atom stereocenters. The fraction of sp³-hybridized carbons (Fsp3) is 0.588. The first kappa shape index (κ1) is 15.9. The van der Waals surface area contributed by atoms with Crippen molar-refractivity contribution in [3.8, 4) is 6.07 Å². The Morgan fingerprint density at radius 2 is 1.76 bits per heavy atom. The van der Waals surface area contributed by atoms with Crippen LogP contribution in [-0.4, -0.2) is 5.11 Å². The molecule has 1 aliphatic carbocycles. The molecule has 114 valence electrons. The van der Waals surface area contributed by atoms with Crippen LogP contribution in [0.1, 0.15) is 52.0 Å². The van der Waals surface area contributed by atoms with E-state index in [2.05, 4.69) is 19.9 Å². The van der Waals surface area contributed by atoms with Crippen LogP contribution in [0.2, 0.25) is 0 Å². The van der Waals surface area contributed by atoms with E-state index in [1.54, 1.807) is 0 Å². The Bertz CT molecular complexity index is 577. The summed E-state index contributed by atoms with van der Waals surface area (Å²) in [4.78, 5) is 0. The van der Waals surface area contributed by atoms with Crippen LogP contribution in [0, 0.1) is 33.8 Å². The van der Waals surface area contributed by atoms with Crippen LogP contribution < -0.4 is 0 Å². The molecule has 0 aromatic heterocycles. The zero-order chi connectivity index (χ0) is 15.9. The maximum atomic E-state index is 14.1. The Hall–Kier alpha value is -1.47. The zero-order valence-corrected chi connectivity index (χ0v) is 12.7. The first-order valence-electron chi connectivity index (χ1n) is 7.23. The molecule has 21 heavy (non-hydrogen) atoms. The Balaban J connectivity index is 2.46. The number of hydrogen-bond donors (Lipinski definition) is 1. The molecule has 0 aliphatic heterocycles. The average molecular weight is 293 g/mol. The van der Waals surface area contributed by atoms with E-state index in [0.717, 1.165) is 18.9 Å². The van der Waals surface area contributed by atoms with Gasteiger partial charge in [-0.1, -0.05) is 26.0 Å². The largest absolute Gasteiger partial charge is 0.384 e. The summed E-state index contributed by atoms with van der Waals surface area (Å²) < 4.78 is 27.5. The van der Waals surface area contributed by atoms with Gasteiger partial charge in [0.1, 0.15) is 5.60 Å². The van der Waals surface area contributed by atoms with Crippen LogP contribution in [0.3, 0.4) is 0 Å². The van der Waals surface area contributed by atoms with E-state index >= 15 is 0 Å². The van der Waals surface area contributed by atoms with E-state index in [1.807, 2.05) is 0 Å². The molecule has 1 aromatic rings. The van der Waals surface area contributed by atoms with Crippen LogP contribution in [0.4, 0.5) is 8.78 Å². The van der Waals surface area contributed by atoms with Gasteiger partial charge in [0, 0.05) is 5.56 Å². The van der Waals surface area contributed by atoms with Gasteiger partial charge < -0.3 is 5.11 Å². The third-order valence-electron chi connectivity index (χ3n) is 5.08. The van der Waals surface area contributed by atoms with Gasteiger partial charge in [-0.05, 0) is 44.1 Å². The minimum atomic E-state index is -1.72. The summed E-state index contributed by atoms with van der Waals surface area (Å²) in [5.74, 6) is -2.07. The van der Waals surface area contributed by atoms with Gasteiger partial charge in [-0.3, -0.25) is 0 Å².